The van der Waals surface area contributed by atoms with Gasteiger partial charge < -0.3 is 10.6 Å². The van der Waals surface area contributed by atoms with Gasteiger partial charge in [0.15, 0.2) is 0 Å². The van der Waals surface area contributed by atoms with Crippen LogP contribution in [-0.2, 0) is 0 Å². The zero-order valence-corrected chi connectivity index (χ0v) is 15.1. The summed E-state index contributed by atoms with van der Waals surface area (Å²) in [7, 11) is 1.93. The molecule has 0 aromatic heterocycles. The Balaban J connectivity index is 1.96. The Labute approximate surface area is 149 Å². The second-order valence-corrected chi connectivity index (χ2v) is 6.27. The van der Waals surface area contributed by atoms with Gasteiger partial charge in [-0.05, 0) is 47.9 Å². The molecule has 126 valence electrons. The Hall–Kier alpha value is -2.96. The predicted molar refractivity (Wildman–Crippen MR) is 109 cm³/mol. The molecule has 0 spiro atoms. The highest BCUT2D eigenvalue weighted by atomic mass is 14.9. The third kappa shape index (κ3) is 3.45. The molecule has 2 nitrogen and oxygen atoms in total. The maximum absolute atomic E-state index is 3.90. The van der Waals surface area contributed by atoms with Crippen molar-refractivity contribution in [2.75, 3.05) is 12.4 Å². The average molecular weight is 328 g/mol. The van der Waals surface area contributed by atoms with Crippen LogP contribution in [0.2, 0.25) is 0 Å². The van der Waals surface area contributed by atoms with Gasteiger partial charge >= 0.3 is 0 Å². The Morgan fingerprint density at radius 3 is 2.56 bits per heavy atom. The van der Waals surface area contributed by atoms with Gasteiger partial charge in [-0.25, -0.2) is 0 Å². The molecule has 0 aliphatic carbocycles. The van der Waals surface area contributed by atoms with Crippen molar-refractivity contribution < 1.29 is 0 Å². The molecule has 0 saturated carbocycles. The van der Waals surface area contributed by atoms with Crippen LogP contribution in [0.15, 0.2) is 73.0 Å². The fourth-order valence-electron chi connectivity index (χ4n) is 3.19. The minimum Gasteiger partial charge on any atom is -0.388 e. The summed E-state index contributed by atoms with van der Waals surface area (Å²) < 4.78 is 0. The summed E-state index contributed by atoms with van der Waals surface area (Å²) in [4.78, 5) is 0. The molecule has 0 radical (unpaired) electrons. The molecule has 3 rings (SSSR count). The highest BCUT2D eigenvalue weighted by Gasteiger charge is 2.13. The molecule has 25 heavy (non-hydrogen) atoms. The van der Waals surface area contributed by atoms with Gasteiger partial charge in [0.25, 0.3) is 0 Å². The normalized spacial score (nSPS) is 11.6. The first-order valence-electron chi connectivity index (χ1n) is 8.57. The second kappa shape index (κ2) is 7.29. The average Bonchev–Trinajstić information content (AvgIpc) is 2.66. The summed E-state index contributed by atoms with van der Waals surface area (Å²) in [6.45, 7) is 8.18. The molecular weight excluding hydrogens is 304 g/mol. The molecule has 1 unspecified atom stereocenters. The number of nitrogens with one attached hydrogen (secondary N) is 2. The quantitative estimate of drug-likeness (QED) is 0.590. The number of rotatable bonds is 5. The summed E-state index contributed by atoms with van der Waals surface area (Å²) in [6.07, 6.45) is 0. The standard InChI is InChI=1S/C23H24N2/c1-5-23(22-15-19(24-4)14-13-16(22)2)25-17(3)20-12-8-10-18-9-6-7-11-21(18)20/h6-15,17,24-25H,1H2,2-4H3. The lowest BCUT2D eigenvalue weighted by Crippen LogP contribution is -2.17. The van der Waals surface area contributed by atoms with Crippen molar-refractivity contribution >= 4 is 22.2 Å². The monoisotopic (exact) mass is 328 g/mol. The maximum Gasteiger partial charge on any atom is 0.0849 e. The molecule has 3 aromatic rings. The first kappa shape index (κ1) is 16.9. The van der Waals surface area contributed by atoms with E-state index in [0.29, 0.717) is 0 Å². The van der Waals surface area contributed by atoms with Crippen LogP contribution in [0.4, 0.5) is 5.69 Å². The number of hydrogen-bond acceptors (Lipinski definition) is 2. The summed E-state index contributed by atoms with van der Waals surface area (Å²) in [5.41, 5.74) is 8.68. The maximum atomic E-state index is 3.90. The fourth-order valence-corrected chi connectivity index (χ4v) is 3.19. The van der Waals surface area contributed by atoms with Gasteiger partial charge in [0.1, 0.15) is 0 Å². The van der Waals surface area contributed by atoms with Gasteiger partial charge in [0, 0.05) is 24.3 Å². The van der Waals surface area contributed by atoms with Crippen molar-refractivity contribution in [2.45, 2.75) is 19.9 Å². The van der Waals surface area contributed by atoms with Crippen LogP contribution in [0.25, 0.3) is 16.5 Å². The van der Waals surface area contributed by atoms with Gasteiger partial charge in [0.05, 0.1) is 5.70 Å². The van der Waals surface area contributed by atoms with Gasteiger partial charge in [-0.3, -0.25) is 0 Å². The zero-order chi connectivity index (χ0) is 17.8. The summed E-state index contributed by atoms with van der Waals surface area (Å²) in [6, 6.07) is 21.4. The minimum atomic E-state index is 0.146. The van der Waals surface area contributed by atoms with E-state index in [1.165, 1.54) is 21.9 Å². The largest absolute Gasteiger partial charge is 0.388 e. The molecule has 0 amide bonds. The molecule has 0 fully saturated rings. The fraction of sp³-hybridized carbons (Fsp3) is 0.174. The van der Waals surface area contributed by atoms with Crippen LogP contribution >= 0.6 is 0 Å². The van der Waals surface area contributed by atoms with Gasteiger partial charge in [-0.2, -0.15) is 0 Å². The molecular formula is C23H24N2. The Bertz CT molecular complexity index is 944. The third-order valence-electron chi connectivity index (χ3n) is 4.62. The van der Waals surface area contributed by atoms with Gasteiger partial charge in [0.2, 0.25) is 0 Å². The van der Waals surface area contributed by atoms with E-state index in [4.69, 9.17) is 0 Å². The van der Waals surface area contributed by atoms with Crippen LogP contribution in [0.5, 0.6) is 0 Å². The van der Waals surface area contributed by atoms with E-state index in [2.05, 4.69) is 97.5 Å². The summed E-state index contributed by atoms with van der Waals surface area (Å²) in [5.74, 6) is 0. The number of benzene rings is 3. The lowest BCUT2D eigenvalue weighted by atomic mass is 9.98. The van der Waals surface area contributed by atoms with Gasteiger partial charge in [-0.1, -0.05) is 55.1 Å². The van der Waals surface area contributed by atoms with E-state index in [9.17, 15) is 0 Å². The van der Waals surface area contributed by atoms with Gasteiger partial charge in [-0.15, -0.1) is 5.73 Å². The predicted octanol–water partition coefficient (Wildman–Crippen LogP) is 5.67. The number of hydrogen-bond donors (Lipinski definition) is 2. The van der Waals surface area contributed by atoms with Crippen molar-refractivity contribution in [3.63, 3.8) is 0 Å². The smallest absolute Gasteiger partial charge is 0.0849 e. The van der Waals surface area contributed by atoms with Crippen LogP contribution in [0.1, 0.15) is 29.7 Å². The van der Waals surface area contributed by atoms with Crippen LogP contribution in [0, 0.1) is 6.92 Å². The van der Waals surface area contributed by atoms with E-state index < -0.39 is 0 Å². The zero-order valence-electron chi connectivity index (χ0n) is 15.1. The third-order valence-corrected chi connectivity index (χ3v) is 4.62. The first-order valence-corrected chi connectivity index (χ1v) is 8.57. The Morgan fingerprint density at radius 2 is 1.80 bits per heavy atom. The molecule has 3 aromatic carbocycles. The van der Waals surface area contributed by atoms with Crippen molar-refractivity contribution in [3.8, 4) is 0 Å². The van der Waals surface area contributed by atoms with E-state index in [0.717, 1.165) is 16.9 Å². The molecule has 0 saturated heterocycles. The highest BCUT2D eigenvalue weighted by Crippen LogP contribution is 2.27. The molecule has 2 heteroatoms. The molecule has 0 aliphatic rings. The topological polar surface area (TPSA) is 24.1 Å². The van der Waals surface area contributed by atoms with Crippen molar-refractivity contribution in [2.24, 2.45) is 0 Å². The first-order chi connectivity index (χ1) is 12.1. The second-order valence-electron chi connectivity index (χ2n) is 6.27. The summed E-state index contributed by atoms with van der Waals surface area (Å²) >= 11 is 0. The number of fused-ring (bicyclic) bond motifs is 1. The van der Waals surface area contributed by atoms with E-state index >= 15 is 0 Å². The number of aryl methyl sites for hydroxylation is 1. The molecule has 0 heterocycles. The molecule has 0 aliphatic heterocycles. The molecule has 1 atom stereocenters. The highest BCUT2D eigenvalue weighted by molar-refractivity contribution is 5.86. The van der Waals surface area contributed by atoms with Crippen molar-refractivity contribution in [3.05, 3.63) is 89.7 Å². The van der Waals surface area contributed by atoms with Crippen LogP contribution in [-0.4, -0.2) is 7.05 Å². The Kier molecular flexibility index (Phi) is 4.92. The van der Waals surface area contributed by atoms with E-state index in [1.807, 2.05) is 7.05 Å². The van der Waals surface area contributed by atoms with E-state index in [1.54, 1.807) is 0 Å². The minimum absolute atomic E-state index is 0.146. The van der Waals surface area contributed by atoms with Crippen molar-refractivity contribution in [1.29, 1.82) is 0 Å². The van der Waals surface area contributed by atoms with E-state index in [-0.39, 0.29) is 6.04 Å². The van der Waals surface area contributed by atoms with Crippen LogP contribution in [0.3, 0.4) is 0 Å². The Morgan fingerprint density at radius 1 is 1.04 bits per heavy atom. The van der Waals surface area contributed by atoms with Crippen LogP contribution < -0.4 is 10.6 Å². The SMILES string of the molecule is C=C=C(NC(C)c1cccc2ccccc12)c1cc(NC)ccc1C. The lowest BCUT2D eigenvalue weighted by Gasteiger charge is -2.20. The lowest BCUT2D eigenvalue weighted by molar-refractivity contribution is 0.707. The van der Waals surface area contributed by atoms with Crippen molar-refractivity contribution in [1.82, 2.24) is 5.32 Å². The number of anilines is 1. The summed E-state index contributed by atoms with van der Waals surface area (Å²) in [5, 5.41) is 9.32. The molecule has 2 N–H and O–H groups in total. The molecule has 0 bridgehead atoms.